The number of hydrazone groups is 1. The minimum absolute atomic E-state index is 0.0559. The summed E-state index contributed by atoms with van der Waals surface area (Å²) in [6.07, 6.45) is 1.13. The zero-order chi connectivity index (χ0) is 24.0. The molecule has 33 heavy (non-hydrogen) atoms. The van der Waals surface area contributed by atoms with Crippen LogP contribution in [0.4, 0.5) is 4.39 Å². The molecule has 0 radical (unpaired) electrons. The van der Waals surface area contributed by atoms with Crippen molar-refractivity contribution in [3.05, 3.63) is 98.7 Å². The Morgan fingerprint density at radius 1 is 1.00 bits per heavy atom. The van der Waals surface area contributed by atoms with Gasteiger partial charge in [0.15, 0.2) is 0 Å². The van der Waals surface area contributed by atoms with Crippen LogP contribution in [-0.4, -0.2) is 31.4 Å². The Balaban J connectivity index is 1.83. The van der Waals surface area contributed by atoms with E-state index in [4.69, 9.17) is 34.8 Å². The van der Waals surface area contributed by atoms with Crippen LogP contribution in [-0.2, 0) is 21.4 Å². The van der Waals surface area contributed by atoms with Gasteiger partial charge >= 0.3 is 0 Å². The summed E-state index contributed by atoms with van der Waals surface area (Å²) in [7, 11) is -4.11. The topological polar surface area (TPSA) is 78.8 Å². The number of nitrogens with one attached hydrogen (secondary N) is 1. The molecule has 0 bridgehead atoms. The van der Waals surface area contributed by atoms with Gasteiger partial charge in [-0.05, 0) is 48.0 Å². The molecule has 0 saturated carbocycles. The Labute approximate surface area is 205 Å². The lowest BCUT2D eigenvalue weighted by atomic mass is 10.2. The monoisotopic (exact) mass is 527 g/mol. The molecule has 0 fully saturated rings. The lowest BCUT2D eigenvalue weighted by molar-refractivity contribution is -0.121. The summed E-state index contributed by atoms with van der Waals surface area (Å²) >= 11 is 18.0. The van der Waals surface area contributed by atoms with Crippen molar-refractivity contribution in [1.82, 2.24) is 9.73 Å². The molecule has 0 aliphatic heterocycles. The van der Waals surface area contributed by atoms with E-state index in [1.54, 1.807) is 18.2 Å². The van der Waals surface area contributed by atoms with Crippen molar-refractivity contribution >= 4 is 56.9 Å². The number of amides is 1. The average Bonchev–Trinajstić information content (AvgIpc) is 2.76. The minimum Gasteiger partial charge on any atom is -0.272 e. The summed E-state index contributed by atoms with van der Waals surface area (Å²) in [5.74, 6) is -1.25. The molecule has 0 spiro atoms. The summed E-state index contributed by atoms with van der Waals surface area (Å²) in [6, 6.07) is 16.0. The van der Waals surface area contributed by atoms with Crippen molar-refractivity contribution in [2.75, 3.05) is 6.54 Å². The largest absolute Gasteiger partial charge is 0.272 e. The molecule has 1 N–H and O–H groups in total. The van der Waals surface area contributed by atoms with Crippen LogP contribution in [0.25, 0.3) is 0 Å². The summed E-state index contributed by atoms with van der Waals surface area (Å²) in [6.45, 7) is -0.774. The fraction of sp³-hybridized carbons (Fsp3) is 0.0909. The Morgan fingerprint density at radius 3 is 2.33 bits per heavy atom. The first kappa shape index (κ1) is 25.1. The van der Waals surface area contributed by atoms with Crippen LogP contribution in [0, 0.1) is 5.82 Å². The third-order valence-electron chi connectivity index (χ3n) is 4.43. The number of carbonyl (C=O) groups excluding carboxylic acids is 1. The van der Waals surface area contributed by atoms with Crippen LogP contribution in [0.2, 0.25) is 15.1 Å². The highest BCUT2D eigenvalue weighted by Gasteiger charge is 2.27. The van der Waals surface area contributed by atoms with Crippen LogP contribution < -0.4 is 5.43 Å². The maximum absolute atomic E-state index is 13.7. The predicted octanol–water partition coefficient (Wildman–Crippen LogP) is 5.13. The molecular weight excluding hydrogens is 512 g/mol. The van der Waals surface area contributed by atoms with Gasteiger partial charge in [0.1, 0.15) is 5.82 Å². The molecule has 0 aromatic heterocycles. The smallest absolute Gasteiger partial charge is 0.255 e. The second-order valence-electron chi connectivity index (χ2n) is 6.78. The van der Waals surface area contributed by atoms with Crippen LogP contribution in [0.3, 0.4) is 0 Å². The molecule has 3 aromatic rings. The Hall–Kier alpha value is -2.49. The van der Waals surface area contributed by atoms with Crippen molar-refractivity contribution in [2.24, 2.45) is 5.10 Å². The number of rotatable bonds is 8. The van der Waals surface area contributed by atoms with Gasteiger partial charge in [0, 0.05) is 27.2 Å². The third kappa shape index (κ3) is 6.75. The maximum Gasteiger partial charge on any atom is 0.255 e. The highest BCUT2D eigenvalue weighted by molar-refractivity contribution is 7.89. The van der Waals surface area contributed by atoms with Gasteiger partial charge < -0.3 is 0 Å². The molecule has 6 nitrogen and oxygen atoms in total. The highest BCUT2D eigenvalue weighted by Crippen LogP contribution is 2.25. The standard InChI is InChI=1S/C22H17Cl3FN3O3S/c23-17-7-9-19(10-8-17)33(31,32)29(13-16-5-6-18(24)11-20(16)25)14-22(30)28-27-12-15-3-1-2-4-21(15)26/h1-12H,13-14H2,(H,28,30)/b27-12-. The van der Waals surface area contributed by atoms with E-state index in [0.29, 0.717) is 15.6 Å². The summed E-state index contributed by atoms with van der Waals surface area (Å²) < 4.78 is 41.1. The first-order valence-electron chi connectivity index (χ1n) is 9.43. The fourth-order valence-electron chi connectivity index (χ4n) is 2.77. The summed E-state index contributed by atoms with van der Waals surface area (Å²) in [5.41, 5.74) is 2.82. The number of hydrogen-bond acceptors (Lipinski definition) is 4. The van der Waals surface area contributed by atoms with E-state index in [-0.39, 0.29) is 22.0 Å². The lowest BCUT2D eigenvalue weighted by Gasteiger charge is -2.22. The van der Waals surface area contributed by atoms with Gasteiger partial charge in [0.25, 0.3) is 5.91 Å². The maximum atomic E-state index is 13.7. The number of carbonyl (C=O) groups is 1. The molecule has 172 valence electrons. The lowest BCUT2D eigenvalue weighted by Crippen LogP contribution is -2.39. The molecule has 3 rings (SSSR count). The van der Waals surface area contributed by atoms with Crippen molar-refractivity contribution in [1.29, 1.82) is 0 Å². The Kier molecular flexibility index (Phi) is 8.45. The van der Waals surface area contributed by atoms with Crippen molar-refractivity contribution in [3.8, 4) is 0 Å². The van der Waals surface area contributed by atoms with Gasteiger partial charge in [-0.3, -0.25) is 4.79 Å². The fourth-order valence-corrected chi connectivity index (χ4v) is 4.74. The first-order chi connectivity index (χ1) is 15.7. The van der Waals surface area contributed by atoms with E-state index in [2.05, 4.69) is 10.5 Å². The van der Waals surface area contributed by atoms with E-state index < -0.39 is 28.3 Å². The van der Waals surface area contributed by atoms with Gasteiger partial charge in [-0.1, -0.05) is 59.1 Å². The van der Waals surface area contributed by atoms with E-state index >= 15 is 0 Å². The summed E-state index contributed by atoms with van der Waals surface area (Å²) in [4.78, 5) is 12.4. The number of halogens is 4. The predicted molar refractivity (Wildman–Crippen MR) is 128 cm³/mol. The van der Waals surface area contributed by atoms with Gasteiger partial charge in [-0.15, -0.1) is 0 Å². The molecule has 0 atom stereocenters. The van der Waals surface area contributed by atoms with Crippen molar-refractivity contribution < 1.29 is 17.6 Å². The second kappa shape index (κ2) is 11.1. The van der Waals surface area contributed by atoms with Crippen LogP contribution in [0.1, 0.15) is 11.1 Å². The van der Waals surface area contributed by atoms with Crippen molar-refractivity contribution in [3.63, 3.8) is 0 Å². The van der Waals surface area contributed by atoms with Crippen LogP contribution >= 0.6 is 34.8 Å². The Bertz CT molecular complexity index is 1290. The number of hydrogen-bond donors (Lipinski definition) is 1. The van der Waals surface area contributed by atoms with Crippen LogP contribution in [0.15, 0.2) is 76.7 Å². The van der Waals surface area contributed by atoms with Gasteiger partial charge in [0.05, 0.1) is 17.7 Å². The first-order valence-corrected chi connectivity index (χ1v) is 12.0. The number of sulfonamides is 1. The molecule has 0 aliphatic carbocycles. The number of nitrogens with zero attached hydrogens (tertiary/aromatic N) is 2. The molecule has 0 unspecified atom stereocenters. The van der Waals surface area contributed by atoms with E-state index in [1.165, 1.54) is 48.5 Å². The highest BCUT2D eigenvalue weighted by atomic mass is 35.5. The summed E-state index contributed by atoms with van der Waals surface area (Å²) in [5, 5.41) is 4.71. The zero-order valence-electron chi connectivity index (χ0n) is 16.9. The van der Waals surface area contributed by atoms with Gasteiger partial charge in [0.2, 0.25) is 10.0 Å². The Morgan fingerprint density at radius 2 is 1.67 bits per heavy atom. The second-order valence-corrected chi connectivity index (χ2v) is 10.00. The molecule has 1 amide bonds. The average molecular weight is 529 g/mol. The quantitative estimate of drug-likeness (QED) is 0.325. The van der Waals surface area contributed by atoms with E-state index in [1.807, 2.05) is 0 Å². The zero-order valence-corrected chi connectivity index (χ0v) is 20.0. The van der Waals surface area contributed by atoms with Gasteiger partial charge in [-0.25, -0.2) is 18.2 Å². The third-order valence-corrected chi connectivity index (χ3v) is 7.08. The van der Waals surface area contributed by atoms with E-state index in [0.717, 1.165) is 10.5 Å². The minimum atomic E-state index is -4.11. The van der Waals surface area contributed by atoms with E-state index in [9.17, 15) is 17.6 Å². The van der Waals surface area contributed by atoms with Gasteiger partial charge in [-0.2, -0.15) is 9.41 Å². The van der Waals surface area contributed by atoms with Crippen molar-refractivity contribution in [2.45, 2.75) is 11.4 Å². The number of benzene rings is 3. The SMILES string of the molecule is O=C(CN(Cc1ccc(Cl)cc1Cl)S(=O)(=O)c1ccc(Cl)cc1)N/N=C\c1ccccc1F. The van der Waals surface area contributed by atoms with Crippen LogP contribution in [0.5, 0.6) is 0 Å². The molecule has 11 heteroatoms. The molecule has 0 heterocycles. The molecular formula is C22H17Cl3FN3O3S. The molecule has 3 aromatic carbocycles. The molecule has 0 saturated heterocycles. The normalized spacial score (nSPS) is 11.8. The molecule has 0 aliphatic rings.